The molecule has 0 N–H and O–H groups in total. The van der Waals surface area contributed by atoms with E-state index in [4.69, 9.17) is 0 Å². The molecule has 0 atom stereocenters. The maximum Gasteiger partial charge on any atom is 0.282 e. The molecule has 2 heterocycles. The Balaban J connectivity index is 1.83. The van der Waals surface area contributed by atoms with E-state index in [-0.39, 0.29) is 11.8 Å². The van der Waals surface area contributed by atoms with Gasteiger partial charge in [0, 0.05) is 30.7 Å². The van der Waals surface area contributed by atoms with Crippen LogP contribution in [-0.2, 0) is 9.59 Å². The van der Waals surface area contributed by atoms with E-state index < -0.39 is 0 Å². The predicted molar refractivity (Wildman–Crippen MR) is 119 cm³/mol. The fraction of sp³-hybridized carbons (Fsp3) is 0.304. The second-order valence-electron chi connectivity index (χ2n) is 7.74. The summed E-state index contributed by atoms with van der Waals surface area (Å²) in [6.07, 6.45) is 0. The van der Waals surface area contributed by atoms with Crippen LogP contribution in [0.2, 0.25) is 0 Å². The van der Waals surface area contributed by atoms with Crippen molar-refractivity contribution in [3.63, 3.8) is 0 Å². The van der Waals surface area contributed by atoms with Gasteiger partial charge in [0.2, 0.25) is 0 Å². The van der Waals surface area contributed by atoms with Crippen molar-refractivity contribution < 1.29 is 9.59 Å². The second-order valence-corrected chi connectivity index (χ2v) is 8.65. The molecule has 0 aliphatic carbocycles. The number of benzene rings is 2. The summed E-state index contributed by atoms with van der Waals surface area (Å²) in [5, 5.41) is 0. The highest BCUT2D eigenvalue weighted by molar-refractivity contribution is 9.10. The Kier molecular flexibility index (Phi) is 5.32. The number of hydrogen-bond donors (Lipinski definition) is 0. The summed E-state index contributed by atoms with van der Waals surface area (Å²) < 4.78 is 0.830. The van der Waals surface area contributed by atoms with Gasteiger partial charge < -0.3 is 9.80 Å². The number of amides is 2. The standard InChI is InChI=1S/C23H24BrN3O2/c1-15-7-8-17(13-16(15)2)20-21(26-11-9-25(3)10-12-26)23(29)27(22(20)28)19-6-4-5-18(24)14-19/h4-8,13-14H,9-12H2,1-3H3. The first-order chi connectivity index (χ1) is 13.9. The average Bonchev–Trinajstić information content (AvgIpc) is 2.95. The molecule has 2 aromatic carbocycles. The maximum atomic E-state index is 13.5. The first-order valence-corrected chi connectivity index (χ1v) is 10.6. The fourth-order valence-corrected chi connectivity index (χ4v) is 4.24. The van der Waals surface area contributed by atoms with Crippen LogP contribution in [-0.4, -0.2) is 54.8 Å². The Morgan fingerprint density at radius 1 is 0.862 bits per heavy atom. The van der Waals surface area contributed by atoms with Crippen LogP contribution in [0.3, 0.4) is 0 Å². The van der Waals surface area contributed by atoms with Gasteiger partial charge in [-0.05, 0) is 55.8 Å². The molecule has 2 aliphatic heterocycles. The first-order valence-electron chi connectivity index (χ1n) is 9.76. The largest absolute Gasteiger partial charge is 0.364 e. The number of carbonyl (C=O) groups is 2. The molecule has 2 amide bonds. The van der Waals surface area contributed by atoms with E-state index in [2.05, 4.69) is 32.8 Å². The number of carbonyl (C=O) groups excluding carboxylic acids is 2. The van der Waals surface area contributed by atoms with E-state index in [0.717, 1.165) is 47.3 Å². The Morgan fingerprint density at radius 2 is 1.59 bits per heavy atom. The number of hydrogen-bond acceptors (Lipinski definition) is 4. The van der Waals surface area contributed by atoms with E-state index in [1.165, 1.54) is 4.90 Å². The Morgan fingerprint density at radius 3 is 2.24 bits per heavy atom. The Bertz CT molecular complexity index is 1020. The van der Waals surface area contributed by atoms with E-state index in [0.29, 0.717) is 17.0 Å². The number of anilines is 1. The molecule has 0 bridgehead atoms. The van der Waals surface area contributed by atoms with Crippen LogP contribution in [0.15, 0.2) is 52.6 Å². The second kappa shape index (κ2) is 7.76. The number of piperazine rings is 1. The molecule has 150 valence electrons. The molecule has 1 fully saturated rings. The quantitative estimate of drug-likeness (QED) is 0.665. The van der Waals surface area contributed by atoms with Crippen molar-refractivity contribution in [3.05, 3.63) is 69.3 Å². The lowest BCUT2D eigenvalue weighted by Crippen LogP contribution is -2.46. The number of rotatable bonds is 3. The van der Waals surface area contributed by atoms with Gasteiger partial charge in [0.1, 0.15) is 5.70 Å². The summed E-state index contributed by atoms with van der Waals surface area (Å²) in [5.74, 6) is -0.504. The van der Waals surface area contributed by atoms with Gasteiger partial charge in [-0.3, -0.25) is 9.59 Å². The minimum Gasteiger partial charge on any atom is -0.364 e. The van der Waals surface area contributed by atoms with E-state index in [9.17, 15) is 9.59 Å². The monoisotopic (exact) mass is 453 g/mol. The van der Waals surface area contributed by atoms with Crippen molar-refractivity contribution >= 4 is 39.0 Å². The van der Waals surface area contributed by atoms with Gasteiger partial charge in [-0.1, -0.05) is 40.2 Å². The zero-order valence-electron chi connectivity index (χ0n) is 16.9. The molecule has 0 unspecified atom stereocenters. The van der Waals surface area contributed by atoms with Gasteiger partial charge in [-0.15, -0.1) is 0 Å². The summed E-state index contributed by atoms with van der Waals surface area (Å²) in [7, 11) is 2.07. The van der Waals surface area contributed by atoms with Crippen LogP contribution in [0.1, 0.15) is 16.7 Å². The highest BCUT2D eigenvalue weighted by Crippen LogP contribution is 2.36. The van der Waals surface area contributed by atoms with Crippen LogP contribution in [0.4, 0.5) is 5.69 Å². The molecule has 2 aliphatic rings. The number of halogens is 1. The smallest absolute Gasteiger partial charge is 0.282 e. The molecule has 0 radical (unpaired) electrons. The molecule has 0 spiro atoms. The lowest BCUT2D eigenvalue weighted by atomic mass is 9.99. The average molecular weight is 454 g/mol. The summed E-state index contributed by atoms with van der Waals surface area (Å²) in [6, 6.07) is 13.3. The van der Waals surface area contributed by atoms with E-state index >= 15 is 0 Å². The fourth-order valence-electron chi connectivity index (χ4n) is 3.85. The lowest BCUT2D eigenvalue weighted by Gasteiger charge is -2.34. The van der Waals surface area contributed by atoms with Crippen molar-refractivity contribution in [2.75, 3.05) is 38.1 Å². The molecule has 0 saturated carbocycles. The highest BCUT2D eigenvalue weighted by atomic mass is 79.9. The van der Waals surface area contributed by atoms with Gasteiger partial charge in [0.05, 0.1) is 11.3 Å². The molecule has 1 saturated heterocycles. The van der Waals surface area contributed by atoms with Crippen LogP contribution in [0, 0.1) is 13.8 Å². The van der Waals surface area contributed by atoms with Crippen molar-refractivity contribution in [3.8, 4) is 0 Å². The minimum absolute atomic E-state index is 0.245. The Labute approximate surface area is 179 Å². The third kappa shape index (κ3) is 3.63. The third-order valence-corrected chi connectivity index (χ3v) is 6.23. The molecular weight excluding hydrogens is 430 g/mol. The third-order valence-electron chi connectivity index (χ3n) is 5.74. The van der Waals surface area contributed by atoms with Crippen molar-refractivity contribution in [1.82, 2.24) is 9.80 Å². The molecule has 2 aromatic rings. The van der Waals surface area contributed by atoms with Crippen molar-refractivity contribution in [2.24, 2.45) is 0 Å². The van der Waals surface area contributed by atoms with Gasteiger partial charge >= 0.3 is 0 Å². The Hall–Kier alpha value is -2.44. The van der Waals surface area contributed by atoms with Gasteiger partial charge in [0.25, 0.3) is 11.8 Å². The van der Waals surface area contributed by atoms with Crippen LogP contribution in [0.5, 0.6) is 0 Å². The van der Waals surface area contributed by atoms with E-state index in [1.54, 1.807) is 12.1 Å². The normalized spacial score (nSPS) is 18.2. The van der Waals surface area contributed by atoms with Crippen LogP contribution in [0.25, 0.3) is 5.57 Å². The molecule has 4 rings (SSSR count). The van der Waals surface area contributed by atoms with Crippen molar-refractivity contribution in [2.45, 2.75) is 13.8 Å². The molecular formula is C23H24BrN3O2. The van der Waals surface area contributed by atoms with Gasteiger partial charge in [-0.25, -0.2) is 4.90 Å². The SMILES string of the molecule is Cc1ccc(C2=C(N3CCN(C)CC3)C(=O)N(c3cccc(Br)c3)C2=O)cc1C. The minimum atomic E-state index is -0.259. The molecule has 29 heavy (non-hydrogen) atoms. The molecule has 0 aromatic heterocycles. The zero-order chi connectivity index (χ0) is 20.7. The summed E-state index contributed by atoms with van der Waals surface area (Å²) in [6.45, 7) is 7.26. The molecule has 6 heteroatoms. The van der Waals surface area contributed by atoms with Crippen LogP contribution >= 0.6 is 15.9 Å². The highest BCUT2D eigenvalue weighted by Gasteiger charge is 2.43. The van der Waals surface area contributed by atoms with E-state index in [1.807, 2.05) is 44.2 Å². The summed E-state index contributed by atoms with van der Waals surface area (Å²) >= 11 is 3.45. The predicted octanol–water partition coefficient (Wildman–Crippen LogP) is 3.60. The number of aryl methyl sites for hydroxylation is 2. The number of imide groups is 1. The maximum absolute atomic E-state index is 13.5. The first kappa shape index (κ1) is 19.9. The molecule has 5 nitrogen and oxygen atoms in total. The summed E-state index contributed by atoms with van der Waals surface area (Å²) in [5.41, 5.74) is 4.68. The topological polar surface area (TPSA) is 43.9 Å². The lowest BCUT2D eigenvalue weighted by molar-refractivity contribution is -0.120. The van der Waals surface area contributed by atoms with Gasteiger partial charge in [0.15, 0.2) is 0 Å². The number of nitrogens with zero attached hydrogens (tertiary/aromatic N) is 3. The summed E-state index contributed by atoms with van der Waals surface area (Å²) in [4.78, 5) is 32.7. The van der Waals surface area contributed by atoms with Crippen molar-refractivity contribution in [1.29, 1.82) is 0 Å². The number of likely N-dealkylation sites (N-methyl/N-ethyl adjacent to an activating group) is 1. The van der Waals surface area contributed by atoms with Crippen LogP contribution < -0.4 is 4.90 Å². The van der Waals surface area contributed by atoms with Gasteiger partial charge in [-0.2, -0.15) is 0 Å². The zero-order valence-corrected chi connectivity index (χ0v) is 18.5.